The summed E-state index contributed by atoms with van der Waals surface area (Å²) in [7, 11) is 0. The summed E-state index contributed by atoms with van der Waals surface area (Å²) in [6.45, 7) is 6.74. The maximum atomic E-state index is 8.83. The molecule has 0 aliphatic carbocycles. The van der Waals surface area contributed by atoms with Crippen LogP contribution < -0.4 is 0 Å². The van der Waals surface area contributed by atoms with Crippen molar-refractivity contribution in [2.24, 2.45) is 5.92 Å². The molecule has 0 radical (unpaired) electrons. The maximum Gasteiger partial charge on any atom is 0.110 e. The molecule has 0 aromatic rings. The first-order valence-corrected chi connectivity index (χ1v) is 4.87. The lowest BCUT2D eigenvalue weighted by Crippen LogP contribution is -2.12. The normalized spacial score (nSPS) is 34.2. The standard InChI is InChI=1S/C10H20O2/c1-8(2)5-4-6-10(3)9(7-11)12-10/h8-9,11H,4-7H2,1-3H3. The van der Waals surface area contributed by atoms with Gasteiger partial charge in [-0.1, -0.05) is 26.7 Å². The van der Waals surface area contributed by atoms with Gasteiger partial charge in [0.05, 0.1) is 12.2 Å². The smallest absolute Gasteiger partial charge is 0.110 e. The van der Waals surface area contributed by atoms with Crippen LogP contribution in [0.4, 0.5) is 0 Å². The van der Waals surface area contributed by atoms with Crippen LogP contribution in [0.25, 0.3) is 0 Å². The van der Waals surface area contributed by atoms with E-state index in [1.165, 1.54) is 12.8 Å². The maximum absolute atomic E-state index is 8.83. The topological polar surface area (TPSA) is 32.8 Å². The van der Waals surface area contributed by atoms with E-state index in [4.69, 9.17) is 9.84 Å². The third-order valence-electron chi connectivity index (χ3n) is 2.66. The molecule has 1 saturated heterocycles. The highest BCUT2D eigenvalue weighted by molar-refractivity contribution is 4.98. The first-order chi connectivity index (χ1) is 5.58. The molecule has 12 heavy (non-hydrogen) atoms. The Balaban J connectivity index is 2.08. The van der Waals surface area contributed by atoms with E-state index in [0.717, 1.165) is 12.3 Å². The molecule has 1 N–H and O–H groups in total. The summed E-state index contributed by atoms with van der Waals surface area (Å²) >= 11 is 0. The molecular weight excluding hydrogens is 152 g/mol. The molecular formula is C10H20O2. The van der Waals surface area contributed by atoms with Gasteiger partial charge in [-0.25, -0.2) is 0 Å². The first-order valence-electron chi connectivity index (χ1n) is 4.87. The summed E-state index contributed by atoms with van der Waals surface area (Å²) in [4.78, 5) is 0. The summed E-state index contributed by atoms with van der Waals surface area (Å²) in [5, 5.41) is 8.83. The molecule has 1 rings (SSSR count). The number of rotatable bonds is 5. The molecule has 0 aromatic heterocycles. The molecule has 1 aliphatic rings. The van der Waals surface area contributed by atoms with Crippen LogP contribution >= 0.6 is 0 Å². The highest BCUT2D eigenvalue weighted by atomic mass is 16.6. The Hall–Kier alpha value is -0.0800. The van der Waals surface area contributed by atoms with Crippen molar-refractivity contribution in [1.82, 2.24) is 0 Å². The predicted molar refractivity (Wildman–Crippen MR) is 49.1 cm³/mol. The third-order valence-corrected chi connectivity index (χ3v) is 2.66. The molecule has 1 heterocycles. The number of hydrogen-bond donors (Lipinski definition) is 1. The van der Waals surface area contributed by atoms with E-state index in [0.29, 0.717) is 0 Å². The van der Waals surface area contributed by atoms with Gasteiger partial charge in [0, 0.05) is 0 Å². The fraction of sp³-hybridized carbons (Fsp3) is 1.00. The molecule has 2 unspecified atom stereocenters. The van der Waals surface area contributed by atoms with E-state index in [1.54, 1.807) is 0 Å². The van der Waals surface area contributed by atoms with Gasteiger partial charge in [0.15, 0.2) is 0 Å². The van der Waals surface area contributed by atoms with E-state index in [9.17, 15) is 0 Å². The molecule has 2 nitrogen and oxygen atoms in total. The minimum absolute atomic E-state index is 0.00361. The van der Waals surface area contributed by atoms with Crippen LogP contribution in [-0.2, 0) is 4.74 Å². The van der Waals surface area contributed by atoms with Crippen molar-refractivity contribution in [3.63, 3.8) is 0 Å². The lowest BCUT2D eigenvalue weighted by Gasteiger charge is -2.07. The minimum Gasteiger partial charge on any atom is -0.394 e. The Bertz CT molecular complexity index is 145. The summed E-state index contributed by atoms with van der Waals surface area (Å²) in [6.07, 6.45) is 3.68. The van der Waals surface area contributed by atoms with E-state index in [1.807, 2.05) is 0 Å². The lowest BCUT2D eigenvalue weighted by atomic mass is 9.97. The highest BCUT2D eigenvalue weighted by Gasteiger charge is 2.50. The Morgan fingerprint density at radius 3 is 2.58 bits per heavy atom. The number of epoxide rings is 1. The number of hydrogen-bond acceptors (Lipinski definition) is 2. The zero-order valence-corrected chi connectivity index (χ0v) is 8.34. The largest absolute Gasteiger partial charge is 0.394 e. The van der Waals surface area contributed by atoms with Crippen LogP contribution in [0.1, 0.15) is 40.0 Å². The van der Waals surface area contributed by atoms with E-state index < -0.39 is 0 Å². The Labute approximate surface area is 74.9 Å². The molecule has 2 heteroatoms. The highest BCUT2D eigenvalue weighted by Crippen LogP contribution is 2.40. The summed E-state index contributed by atoms with van der Waals surface area (Å²) in [6, 6.07) is 0. The number of ether oxygens (including phenoxy) is 1. The van der Waals surface area contributed by atoms with Gasteiger partial charge >= 0.3 is 0 Å². The van der Waals surface area contributed by atoms with Gasteiger partial charge in [0.2, 0.25) is 0 Å². The average molecular weight is 172 g/mol. The summed E-state index contributed by atoms with van der Waals surface area (Å²) < 4.78 is 5.39. The Kier molecular flexibility index (Phi) is 3.13. The van der Waals surface area contributed by atoms with Gasteiger partial charge in [-0.3, -0.25) is 0 Å². The van der Waals surface area contributed by atoms with Crippen LogP contribution in [0.3, 0.4) is 0 Å². The van der Waals surface area contributed by atoms with Crippen molar-refractivity contribution in [2.45, 2.75) is 51.7 Å². The fourth-order valence-corrected chi connectivity index (χ4v) is 1.60. The molecule has 72 valence electrons. The molecule has 0 saturated carbocycles. The third kappa shape index (κ3) is 2.46. The van der Waals surface area contributed by atoms with Crippen molar-refractivity contribution in [3.8, 4) is 0 Å². The summed E-state index contributed by atoms with van der Waals surface area (Å²) in [5.74, 6) is 0.778. The molecule has 1 fully saturated rings. The van der Waals surface area contributed by atoms with Gasteiger partial charge in [-0.05, 0) is 19.3 Å². The summed E-state index contributed by atoms with van der Waals surface area (Å²) in [5.41, 5.74) is 0.00361. The average Bonchev–Trinajstić information content (AvgIpc) is 2.61. The van der Waals surface area contributed by atoms with Crippen LogP contribution in [0, 0.1) is 5.92 Å². The fourth-order valence-electron chi connectivity index (χ4n) is 1.60. The zero-order chi connectivity index (χ0) is 9.19. The van der Waals surface area contributed by atoms with Crippen molar-refractivity contribution in [1.29, 1.82) is 0 Å². The van der Waals surface area contributed by atoms with Gasteiger partial charge in [-0.2, -0.15) is 0 Å². The monoisotopic (exact) mass is 172 g/mol. The quantitative estimate of drug-likeness (QED) is 0.643. The molecule has 0 amide bonds. The van der Waals surface area contributed by atoms with Crippen LogP contribution in [0.5, 0.6) is 0 Å². The van der Waals surface area contributed by atoms with Crippen molar-refractivity contribution in [3.05, 3.63) is 0 Å². The molecule has 1 aliphatic heterocycles. The van der Waals surface area contributed by atoms with Crippen LogP contribution in [-0.4, -0.2) is 23.4 Å². The molecule has 0 aromatic carbocycles. The van der Waals surface area contributed by atoms with Crippen molar-refractivity contribution in [2.75, 3.05) is 6.61 Å². The Morgan fingerprint density at radius 1 is 1.50 bits per heavy atom. The predicted octanol–water partition coefficient (Wildman–Crippen LogP) is 1.96. The minimum atomic E-state index is 0.00361. The van der Waals surface area contributed by atoms with Gasteiger partial charge in [0.1, 0.15) is 6.10 Å². The first kappa shape index (κ1) is 10.0. The van der Waals surface area contributed by atoms with Crippen LogP contribution in [0.2, 0.25) is 0 Å². The Morgan fingerprint density at radius 2 is 2.17 bits per heavy atom. The number of aliphatic hydroxyl groups is 1. The second kappa shape index (κ2) is 3.75. The van der Waals surface area contributed by atoms with E-state index in [2.05, 4.69) is 20.8 Å². The molecule has 2 atom stereocenters. The molecule has 0 bridgehead atoms. The van der Waals surface area contributed by atoms with Crippen LogP contribution in [0.15, 0.2) is 0 Å². The van der Waals surface area contributed by atoms with Crippen molar-refractivity contribution < 1.29 is 9.84 Å². The zero-order valence-electron chi connectivity index (χ0n) is 8.34. The van der Waals surface area contributed by atoms with Gasteiger partial charge < -0.3 is 9.84 Å². The second-order valence-electron chi connectivity index (χ2n) is 4.39. The lowest BCUT2D eigenvalue weighted by molar-refractivity contribution is 0.234. The SMILES string of the molecule is CC(C)CCCC1(C)OC1CO. The van der Waals surface area contributed by atoms with Gasteiger partial charge in [0.25, 0.3) is 0 Å². The van der Waals surface area contributed by atoms with E-state index in [-0.39, 0.29) is 18.3 Å². The van der Waals surface area contributed by atoms with Crippen molar-refractivity contribution >= 4 is 0 Å². The van der Waals surface area contributed by atoms with E-state index >= 15 is 0 Å². The van der Waals surface area contributed by atoms with Gasteiger partial charge in [-0.15, -0.1) is 0 Å². The molecule has 0 spiro atoms. The second-order valence-corrected chi connectivity index (χ2v) is 4.39. The number of aliphatic hydroxyl groups excluding tert-OH is 1.